The highest BCUT2D eigenvalue weighted by molar-refractivity contribution is 6.09. The van der Waals surface area contributed by atoms with Gasteiger partial charge in [0.15, 0.2) is 0 Å². The first kappa shape index (κ1) is 36.8. The third-order valence-electron chi connectivity index (χ3n) is 11.7. The smallest absolute Gasteiger partial charge is 0.0709 e. The summed E-state index contributed by atoms with van der Waals surface area (Å²) in [4.78, 5) is 12.3. The van der Waals surface area contributed by atoms with E-state index in [1.807, 2.05) is 12.4 Å². The van der Waals surface area contributed by atoms with Gasteiger partial charge in [-0.15, -0.1) is 0 Å². The lowest BCUT2D eigenvalue weighted by molar-refractivity contribution is 1.14. The van der Waals surface area contributed by atoms with Gasteiger partial charge in [-0.05, 0) is 133 Å². The first-order valence-electron chi connectivity index (χ1n) is 20.6. The molecule has 3 heterocycles. The summed E-state index contributed by atoms with van der Waals surface area (Å²) >= 11 is 0. The van der Waals surface area contributed by atoms with Crippen molar-refractivity contribution >= 4 is 38.9 Å². The van der Waals surface area contributed by atoms with Crippen LogP contribution in [0.4, 0.5) is 17.1 Å². The van der Waals surface area contributed by atoms with Crippen molar-refractivity contribution in [2.75, 3.05) is 4.90 Å². The number of hydrogen-bond donors (Lipinski definition) is 0. The van der Waals surface area contributed by atoms with Gasteiger partial charge in [-0.1, -0.05) is 121 Å². The van der Waals surface area contributed by atoms with Gasteiger partial charge in [0.25, 0.3) is 0 Å². The number of benzene rings is 7. The molecule has 0 aliphatic carbocycles. The summed E-state index contributed by atoms with van der Waals surface area (Å²) in [5, 5.41) is 2.51. The Morgan fingerprint density at radius 1 is 0.383 bits per heavy atom. The Kier molecular flexibility index (Phi) is 9.38. The zero-order valence-corrected chi connectivity index (χ0v) is 34.3. The maximum atomic E-state index is 4.97. The zero-order valence-electron chi connectivity index (χ0n) is 34.3. The minimum atomic E-state index is 0.933. The van der Waals surface area contributed by atoms with Gasteiger partial charge in [-0.2, -0.15) is 0 Å². The SMILES string of the molecule is Cc1cnc(-c2cccc(N(c3cccc(-c4cc(-c5ccccc5)c(C)cn4)c3)c3c(C)cc(-n4c5ccccc5c5ccccc54)cc3C)c2)cc1-c1ccccc1. The van der Waals surface area contributed by atoms with Gasteiger partial charge in [-0.25, -0.2) is 0 Å². The molecule has 0 amide bonds. The third kappa shape index (κ3) is 6.62. The monoisotopic (exact) mass is 772 g/mol. The van der Waals surface area contributed by atoms with Crippen molar-refractivity contribution in [3.05, 3.63) is 217 Å². The highest BCUT2D eigenvalue weighted by Crippen LogP contribution is 2.43. The van der Waals surface area contributed by atoms with Crippen molar-refractivity contribution in [2.24, 2.45) is 0 Å². The number of aromatic nitrogens is 3. The Labute approximate surface area is 351 Å². The van der Waals surface area contributed by atoms with Crippen molar-refractivity contribution in [3.8, 4) is 50.5 Å². The van der Waals surface area contributed by atoms with E-state index in [4.69, 9.17) is 9.97 Å². The Bertz CT molecular complexity index is 2990. The van der Waals surface area contributed by atoms with E-state index in [1.54, 1.807) is 0 Å². The van der Waals surface area contributed by atoms with Gasteiger partial charge in [0, 0.05) is 51.4 Å². The number of hydrogen-bond acceptors (Lipinski definition) is 3. The largest absolute Gasteiger partial charge is 0.310 e. The van der Waals surface area contributed by atoms with Crippen LogP contribution in [0.2, 0.25) is 0 Å². The molecule has 0 saturated carbocycles. The van der Waals surface area contributed by atoms with Crippen LogP contribution in [0.15, 0.2) is 194 Å². The maximum absolute atomic E-state index is 4.97. The lowest BCUT2D eigenvalue weighted by Crippen LogP contribution is -2.14. The van der Waals surface area contributed by atoms with E-state index in [0.717, 1.165) is 56.4 Å². The number of aryl methyl sites for hydroxylation is 4. The average Bonchev–Trinajstić information content (AvgIpc) is 3.63. The number of nitrogens with zero attached hydrogens (tertiary/aromatic N) is 4. The van der Waals surface area contributed by atoms with Gasteiger partial charge in [0.1, 0.15) is 0 Å². The molecule has 0 N–H and O–H groups in total. The second-order valence-electron chi connectivity index (χ2n) is 15.7. The van der Waals surface area contributed by atoms with Gasteiger partial charge < -0.3 is 9.47 Å². The van der Waals surface area contributed by atoms with Crippen LogP contribution in [0.25, 0.3) is 72.3 Å². The minimum absolute atomic E-state index is 0.933. The molecule has 0 spiro atoms. The zero-order chi connectivity index (χ0) is 40.7. The molecule has 3 aromatic heterocycles. The molecule has 0 fully saturated rings. The molecule has 0 saturated heterocycles. The van der Waals surface area contributed by atoms with Crippen LogP contribution >= 0.6 is 0 Å². The van der Waals surface area contributed by atoms with Crippen LogP contribution in [-0.4, -0.2) is 14.5 Å². The van der Waals surface area contributed by atoms with Crippen molar-refractivity contribution in [1.82, 2.24) is 14.5 Å². The Morgan fingerprint density at radius 3 is 1.27 bits per heavy atom. The van der Waals surface area contributed by atoms with Crippen molar-refractivity contribution in [1.29, 1.82) is 0 Å². The normalized spacial score (nSPS) is 11.3. The number of pyridine rings is 2. The quantitative estimate of drug-likeness (QED) is 0.154. The number of anilines is 3. The van der Waals surface area contributed by atoms with Gasteiger partial charge in [-0.3, -0.25) is 9.97 Å². The fraction of sp³-hybridized carbons (Fsp3) is 0.0714. The lowest BCUT2D eigenvalue weighted by atomic mass is 9.98. The second kappa shape index (κ2) is 15.3. The topological polar surface area (TPSA) is 34.0 Å². The predicted molar refractivity (Wildman–Crippen MR) is 252 cm³/mol. The Hall–Kier alpha value is -7.56. The standard InChI is InChI=1S/C56H44N4/c1-37-29-47(60-54-27-13-11-25-48(54)49-26-12-14-28-55(49)60)30-38(2)56(37)59(45-23-15-21-43(31-45)52-33-50(39(3)35-57-52)41-17-7-5-8-18-41)46-24-16-22-44(32-46)53-34-51(40(4)36-58-53)42-19-9-6-10-20-42/h5-36H,1-4H3. The predicted octanol–water partition coefficient (Wildman–Crippen LogP) is 14.9. The molecule has 0 radical (unpaired) electrons. The van der Waals surface area contributed by atoms with E-state index in [9.17, 15) is 0 Å². The molecule has 0 bridgehead atoms. The molecule has 4 nitrogen and oxygen atoms in total. The summed E-state index contributed by atoms with van der Waals surface area (Å²) in [6.07, 6.45) is 3.98. The van der Waals surface area contributed by atoms with Gasteiger partial charge >= 0.3 is 0 Å². The summed E-state index contributed by atoms with van der Waals surface area (Å²) in [6, 6.07) is 65.3. The summed E-state index contributed by atoms with van der Waals surface area (Å²) in [5.41, 5.74) is 20.1. The van der Waals surface area contributed by atoms with Crippen molar-refractivity contribution < 1.29 is 0 Å². The van der Waals surface area contributed by atoms with Gasteiger partial charge in [0.2, 0.25) is 0 Å². The average molecular weight is 773 g/mol. The van der Waals surface area contributed by atoms with Crippen LogP contribution in [0.3, 0.4) is 0 Å². The number of para-hydroxylation sites is 2. The minimum Gasteiger partial charge on any atom is -0.310 e. The molecule has 0 aliphatic rings. The first-order valence-corrected chi connectivity index (χ1v) is 20.6. The van der Waals surface area contributed by atoms with Gasteiger partial charge in [0.05, 0.1) is 28.1 Å². The molecule has 0 aliphatic heterocycles. The van der Waals surface area contributed by atoms with Crippen LogP contribution in [-0.2, 0) is 0 Å². The van der Waals surface area contributed by atoms with E-state index in [2.05, 4.69) is 219 Å². The molecule has 288 valence electrons. The number of fused-ring (bicyclic) bond motifs is 3. The fourth-order valence-corrected chi connectivity index (χ4v) is 8.85. The summed E-state index contributed by atoms with van der Waals surface area (Å²) in [6.45, 7) is 8.73. The summed E-state index contributed by atoms with van der Waals surface area (Å²) in [7, 11) is 0. The van der Waals surface area contributed by atoms with E-state index in [0.29, 0.717) is 0 Å². The van der Waals surface area contributed by atoms with E-state index in [-0.39, 0.29) is 0 Å². The highest BCUT2D eigenvalue weighted by atomic mass is 15.1. The fourth-order valence-electron chi connectivity index (χ4n) is 8.85. The number of rotatable bonds is 8. The Balaban J connectivity index is 1.14. The third-order valence-corrected chi connectivity index (χ3v) is 11.7. The lowest BCUT2D eigenvalue weighted by Gasteiger charge is -2.30. The summed E-state index contributed by atoms with van der Waals surface area (Å²) in [5.74, 6) is 0. The molecule has 4 heteroatoms. The molecular weight excluding hydrogens is 729 g/mol. The highest BCUT2D eigenvalue weighted by Gasteiger charge is 2.21. The van der Waals surface area contributed by atoms with Crippen LogP contribution in [0.5, 0.6) is 0 Å². The van der Waals surface area contributed by atoms with Crippen molar-refractivity contribution in [3.63, 3.8) is 0 Å². The maximum Gasteiger partial charge on any atom is 0.0709 e. The van der Waals surface area contributed by atoms with E-state index < -0.39 is 0 Å². The molecule has 10 aromatic rings. The molecule has 0 unspecified atom stereocenters. The second-order valence-corrected chi connectivity index (χ2v) is 15.7. The Morgan fingerprint density at radius 2 is 0.800 bits per heavy atom. The molecule has 60 heavy (non-hydrogen) atoms. The van der Waals surface area contributed by atoms with E-state index in [1.165, 1.54) is 55.2 Å². The van der Waals surface area contributed by atoms with Crippen molar-refractivity contribution in [2.45, 2.75) is 27.7 Å². The summed E-state index contributed by atoms with van der Waals surface area (Å²) < 4.78 is 2.40. The molecular formula is C56H44N4. The first-order chi connectivity index (χ1) is 29.4. The molecule has 0 atom stereocenters. The van der Waals surface area contributed by atoms with Crippen LogP contribution in [0.1, 0.15) is 22.3 Å². The van der Waals surface area contributed by atoms with E-state index >= 15 is 0 Å². The van der Waals surface area contributed by atoms with Crippen LogP contribution < -0.4 is 4.90 Å². The molecule has 7 aromatic carbocycles. The van der Waals surface area contributed by atoms with Crippen LogP contribution in [0, 0.1) is 27.7 Å². The molecule has 10 rings (SSSR count).